The van der Waals surface area contributed by atoms with Gasteiger partial charge in [0.2, 0.25) is 5.78 Å². The minimum absolute atomic E-state index is 0.0521. The summed E-state index contributed by atoms with van der Waals surface area (Å²) in [5.41, 5.74) is 2.25. The monoisotopic (exact) mass is 293 g/mol. The zero-order valence-electron chi connectivity index (χ0n) is 12.2. The second-order valence-corrected chi connectivity index (χ2v) is 5.09. The SMILES string of the molecule is COc1ccc(CN=C2CC(=O)c3ccccc3C2=O)cc1. The van der Waals surface area contributed by atoms with Crippen molar-refractivity contribution in [1.82, 2.24) is 0 Å². The first-order chi connectivity index (χ1) is 10.7. The number of hydrogen-bond acceptors (Lipinski definition) is 4. The summed E-state index contributed by atoms with van der Waals surface area (Å²) in [6.45, 7) is 0.376. The first-order valence-electron chi connectivity index (χ1n) is 7.02. The van der Waals surface area contributed by atoms with Crippen molar-refractivity contribution >= 4 is 17.3 Å². The Kier molecular flexibility index (Phi) is 3.83. The highest BCUT2D eigenvalue weighted by Crippen LogP contribution is 2.20. The lowest BCUT2D eigenvalue weighted by Gasteiger charge is -2.15. The van der Waals surface area contributed by atoms with Gasteiger partial charge in [-0.2, -0.15) is 0 Å². The number of fused-ring (bicyclic) bond motifs is 1. The molecule has 2 aromatic carbocycles. The van der Waals surface area contributed by atoms with Gasteiger partial charge in [0.25, 0.3) is 0 Å². The van der Waals surface area contributed by atoms with Crippen LogP contribution < -0.4 is 4.74 Å². The fourth-order valence-corrected chi connectivity index (χ4v) is 2.45. The van der Waals surface area contributed by atoms with Crippen LogP contribution in [0.5, 0.6) is 5.75 Å². The smallest absolute Gasteiger partial charge is 0.207 e. The predicted molar refractivity (Wildman–Crippen MR) is 83.9 cm³/mol. The van der Waals surface area contributed by atoms with Crippen molar-refractivity contribution in [1.29, 1.82) is 0 Å². The van der Waals surface area contributed by atoms with Crippen molar-refractivity contribution in [3.63, 3.8) is 0 Å². The largest absolute Gasteiger partial charge is 0.497 e. The lowest BCUT2D eigenvalue weighted by Crippen LogP contribution is -2.27. The van der Waals surface area contributed by atoms with E-state index >= 15 is 0 Å². The van der Waals surface area contributed by atoms with E-state index in [4.69, 9.17) is 4.74 Å². The summed E-state index contributed by atoms with van der Waals surface area (Å²) in [5.74, 6) is 0.571. The van der Waals surface area contributed by atoms with Gasteiger partial charge in [-0.25, -0.2) is 0 Å². The molecule has 0 N–H and O–H groups in total. The average molecular weight is 293 g/mol. The number of nitrogens with zero attached hydrogens (tertiary/aromatic N) is 1. The molecule has 0 aliphatic heterocycles. The van der Waals surface area contributed by atoms with E-state index in [1.54, 1.807) is 31.4 Å². The molecular weight excluding hydrogens is 278 g/mol. The normalized spacial score (nSPS) is 15.8. The van der Waals surface area contributed by atoms with Crippen LogP contribution in [-0.2, 0) is 6.54 Å². The molecule has 0 heterocycles. The summed E-state index contributed by atoms with van der Waals surface area (Å²) >= 11 is 0. The average Bonchev–Trinajstić information content (AvgIpc) is 2.57. The lowest BCUT2D eigenvalue weighted by molar-refractivity contribution is 0.0964. The molecule has 0 spiro atoms. The van der Waals surface area contributed by atoms with E-state index in [1.807, 2.05) is 24.3 Å². The summed E-state index contributed by atoms with van der Waals surface area (Å²) < 4.78 is 5.10. The highest BCUT2D eigenvalue weighted by molar-refractivity contribution is 6.52. The fourth-order valence-electron chi connectivity index (χ4n) is 2.45. The van der Waals surface area contributed by atoms with E-state index in [2.05, 4.69) is 4.99 Å². The van der Waals surface area contributed by atoms with Crippen LogP contribution in [0.1, 0.15) is 32.7 Å². The van der Waals surface area contributed by atoms with Crippen LogP contribution in [0.2, 0.25) is 0 Å². The van der Waals surface area contributed by atoms with Gasteiger partial charge < -0.3 is 4.74 Å². The Morgan fingerprint density at radius 1 is 1.00 bits per heavy atom. The summed E-state index contributed by atoms with van der Waals surface area (Å²) in [7, 11) is 1.61. The molecule has 0 saturated heterocycles. The van der Waals surface area contributed by atoms with Crippen LogP contribution in [0.15, 0.2) is 53.5 Å². The van der Waals surface area contributed by atoms with E-state index in [0.29, 0.717) is 23.4 Å². The van der Waals surface area contributed by atoms with Gasteiger partial charge in [0.15, 0.2) is 5.78 Å². The molecule has 0 radical (unpaired) electrons. The van der Waals surface area contributed by atoms with Gasteiger partial charge in [-0.3, -0.25) is 14.6 Å². The first kappa shape index (κ1) is 14.2. The van der Waals surface area contributed by atoms with Crippen LogP contribution in [0.25, 0.3) is 0 Å². The maximum atomic E-state index is 12.4. The third-order valence-corrected chi connectivity index (χ3v) is 3.67. The van der Waals surface area contributed by atoms with Gasteiger partial charge in [0.1, 0.15) is 5.75 Å². The number of benzene rings is 2. The molecule has 22 heavy (non-hydrogen) atoms. The number of aliphatic imine (C=N–C) groups is 1. The summed E-state index contributed by atoms with van der Waals surface area (Å²) in [5, 5.41) is 0. The third-order valence-electron chi connectivity index (χ3n) is 3.67. The van der Waals surface area contributed by atoms with E-state index in [1.165, 1.54) is 0 Å². The van der Waals surface area contributed by atoms with Crippen molar-refractivity contribution < 1.29 is 14.3 Å². The molecule has 0 bridgehead atoms. The third kappa shape index (κ3) is 2.68. The number of hydrogen-bond donors (Lipinski definition) is 0. The van der Waals surface area contributed by atoms with Crippen molar-refractivity contribution in [2.45, 2.75) is 13.0 Å². The Hall–Kier alpha value is -2.75. The molecule has 4 heteroatoms. The van der Waals surface area contributed by atoms with Gasteiger partial charge >= 0.3 is 0 Å². The zero-order valence-corrected chi connectivity index (χ0v) is 12.2. The van der Waals surface area contributed by atoms with Crippen molar-refractivity contribution in [2.24, 2.45) is 4.99 Å². The topological polar surface area (TPSA) is 55.7 Å². The highest BCUT2D eigenvalue weighted by Gasteiger charge is 2.28. The van der Waals surface area contributed by atoms with Gasteiger partial charge in [0.05, 0.1) is 25.8 Å². The molecule has 0 saturated carbocycles. The van der Waals surface area contributed by atoms with Crippen LogP contribution in [0.3, 0.4) is 0 Å². The first-order valence-corrected chi connectivity index (χ1v) is 7.02. The summed E-state index contributed by atoms with van der Waals surface area (Å²) in [4.78, 5) is 28.8. The molecule has 3 rings (SSSR count). The fraction of sp³-hybridized carbons (Fsp3) is 0.167. The molecular formula is C18H15NO3. The molecule has 4 nitrogen and oxygen atoms in total. The Morgan fingerprint density at radius 3 is 2.36 bits per heavy atom. The Morgan fingerprint density at radius 2 is 1.68 bits per heavy atom. The number of methoxy groups -OCH3 is 1. The summed E-state index contributed by atoms with van der Waals surface area (Å²) in [6, 6.07) is 14.4. The van der Waals surface area contributed by atoms with E-state index < -0.39 is 0 Å². The molecule has 0 amide bonds. The van der Waals surface area contributed by atoms with E-state index in [9.17, 15) is 9.59 Å². The number of rotatable bonds is 3. The quantitative estimate of drug-likeness (QED) is 0.873. The predicted octanol–water partition coefficient (Wildman–Crippen LogP) is 3.11. The van der Waals surface area contributed by atoms with E-state index in [-0.39, 0.29) is 18.0 Å². The highest BCUT2D eigenvalue weighted by atomic mass is 16.5. The van der Waals surface area contributed by atoms with Crippen LogP contribution in [0.4, 0.5) is 0 Å². The van der Waals surface area contributed by atoms with E-state index in [0.717, 1.165) is 11.3 Å². The minimum atomic E-state index is -0.149. The maximum Gasteiger partial charge on any atom is 0.207 e. The van der Waals surface area contributed by atoms with Crippen LogP contribution >= 0.6 is 0 Å². The maximum absolute atomic E-state index is 12.4. The van der Waals surface area contributed by atoms with Gasteiger partial charge in [-0.15, -0.1) is 0 Å². The van der Waals surface area contributed by atoms with Gasteiger partial charge in [-0.05, 0) is 17.7 Å². The zero-order chi connectivity index (χ0) is 15.5. The Labute approximate surface area is 128 Å². The van der Waals surface area contributed by atoms with Gasteiger partial charge in [-0.1, -0.05) is 36.4 Å². The second-order valence-electron chi connectivity index (χ2n) is 5.09. The second kappa shape index (κ2) is 5.93. The number of ether oxygens (including phenoxy) is 1. The molecule has 0 aromatic heterocycles. The number of carbonyl (C=O) groups is 2. The molecule has 0 unspecified atom stereocenters. The van der Waals surface area contributed by atoms with Crippen LogP contribution in [-0.4, -0.2) is 24.4 Å². The number of Topliss-reactive ketones (excluding diaryl/α,β-unsaturated/α-hetero) is 2. The Bertz CT molecular complexity index is 760. The molecule has 110 valence electrons. The lowest BCUT2D eigenvalue weighted by atomic mass is 9.88. The molecule has 1 aliphatic rings. The number of ketones is 2. The van der Waals surface area contributed by atoms with Crippen molar-refractivity contribution in [3.05, 3.63) is 65.2 Å². The van der Waals surface area contributed by atoms with Crippen molar-refractivity contribution in [2.75, 3.05) is 7.11 Å². The Balaban J connectivity index is 1.83. The van der Waals surface area contributed by atoms with Crippen molar-refractivity contribution in [3.8, 4) is 5.75 Å². The minimum Gasteiger partial charge on any atom is -0.497 e. The molecule has 0 fully saturated rings. The standard InChI is InChI=1S/C18H15NO3/c1-22-13-8-6-12(7-9-13)11-19-16-10-17(20)14-4-2-3-5-15(14)18(16)21/h2-9H,10-11H2,1H3. The molecule has 0 atom stereocenters. The molecule has 1 aliphatic carbocycles. The summed E-state index contributed by atoms with van der Waals surface area (Å²) in [6.07, 6.45) is 0.0754. The van der Waals surface area contributed by atoms with Crippen LogP contribution in [0, 0.1) is 0 Å². The number of carbonyl (C=O) groups excluding carboxylic acids is 2. The van der Waals surface area contributed by atoms with Gasteiger partial charge in [0, 0.05) is 11.1 Å². The molecule has 2 aromatic rings.